The Labute approximate surface area is 168 Å². The van der Waals surface area contributed by atoms with Crippen molar-refractivity contribution in [2.24, 2.45) is 0 Å². The molecule has 1 aliphatic carbocycles. The van der Waals surface area contributed by atoms with E-state index in [4.69, 9.17) is 0 Å². The molecule has 1 aromatic carbocycles. The minimum absolute atomic E-state index is 0.0100. The maximum Gasteiger partial charge on any atom is 0.262 e. The zero-order valence-electron chi connectivity index (χ0n) is 16.3. The Morgan fingerprint density at radius 1 is 1.29 bits per heavy atom. The molecule has 0 bridgehead atoms. The SMILES string of the molecule is Cc1ccccc1[C@H](C)NC(=O)CCn1cnc2sc3c(c2c1=O)CCCC3. The maximum absolute atomic E-state index is 13.0. The zero-order valence-corrected chi connectivity index (χ0v) is 17.1. The summed E-state index contributed by atoms with van der Waals surface area (Å²) >= 11 is 1.65. The van der Waals surface area contributed by atoms with Gasteiger partial charge in [-0.25, -0.2) is 4.98 Å². The first-order chi connectivity index (χ1) is 13.5. The molecular formula is C22H25N3O2S. The number of aromatic nitrogens is 2. The number of hydrogen-bond donors (Lipinski definition) is 1. The number of hydrogen-bond acceptors (Lipinski definition) is 4. The number of nitrogens with zero attached hydrogens (tertiary/aromatic N) is 2. The zero-order chi connectivity index (χ0) is 19.7. The van der Waals surface area contributed by atoms with E-state index in [2.05, 4.69) is 10.3 Å². The molecule has 0 aliphatic heterocycles. The van der Waals surface area contributed by atoms with E-state index in [9.17, 15) is 9.59 Å². The number of benzene rings is 1. The molecule has 3 aromatic rings. The van der Waals surface area contributed by atoms with Crippen molar-refractivity contribution < 1.29 is 4.79 Å². The summed E-state index contributed by atoms with van der Waals surface area (Å²) in [6.07, 6.45) is 6.18. The molecule has 146 valence electrons. The van der Waals surface area contributed by atoms with Crippen LogP contribution in [0.2, 0.25) is 0 Å². The summed E-state index contributed by atoms with van der Waals surface area (Å²) in [6, 6.07) is 7.98. The van der Waals surface area contributed by atoms with Crippen LogP contribution in [0.1, 0.15) is 53.8 Å². The monoisotopic (exact) mass is 395 g/mol. The third-order valence-corrected chi connectivity index (χ3v) is 6.75. The van der Waals surface area contributed by atoms with Crippen molar-refractivity contribution in [1.29, 1.82) is 0 Å². The summed E-state index contributed by atoms with van der Waals surface area (Å²) < 4.78 is 1.59. The Morgan fingerprint density at radius 3 is 2.89 bits per heavy atom. The lowest BCUT2D eigenvalue weighted by Gasteiger charge is -2.16. The molecule has 28 heavy (non-hydrogen) atoms. The first-order valence-electron chi connectivity index (χ1n) is 9.89. The lowest BCUT2D eigenvalue weighted by Crippen LogP contribution is -2.30. The normalized spacial score (nSPS) is 14.6. The second kappa shape index (κ2) is 7.87. The molecule has 0 fully saturated rings. The molecule has 0 radical (unpaired) electrons. The van der Waals surface area contributed by atoms with Crippen molar-refractivity contribution in [3.05, 3.63) is 62.5 Å². The van der Waals surface area contributed by atoms with E-state index in [0.29, 0.717) is 6.54 Å². The molecule has 1 amide bonds. The van der Waals surface area contributed by atoms with Crippen LogP contribution in [-0.4, -0.2) is 15.5 Å². The molecule has 2 aromatic heterocycles. The van der Waals surface area contributed by atoms with Crippen molar-refractivity contribution in [3.63, 3.8) is 0 Å². The van der Waals surface area contributed by atoms with E-state index in [1.54, 1.807) is 22.2 Å². The van der Waals surface area contributed by atoms with Crippen LogP contribution in [0.3, 0.4) is 0 Å². The Morgan fingerprint density at radius 2 is 2.07 bits per heavy atom. The fraction of sp³-hybridized carbons (Fsp3) is 0.409. The highest BCUT2D eigenvalue weighted by Crippen LogP contribution is 2.33. The summed E-state index contributed by atoms with van der Waals surface area (Å²) in [6.45, 7) is 4.37. The standard InChI is InChI=1S/C22H25N3O2S/c1-14-7-3-4-8-16(14)15(2)24-19(26)11-12-25-13-23-21-20(22(25)27)17-9-5-6-10-18(17)28-21/h3-4,7-8,13,15H,5-6,9-12H2,1-2H3,(H,24,26)/t15-/m0/s1. The van der Waals surface area contributed by atoms with Crippen LogP contribution in [-0.2, 0) is 24.2 Å². The average molecular weight is 396 g/mol. The summed E-state index contributed by atoms with van der Waals surface area (Å²) in [4.78, 5) is 32.0. The summed E-state index contributed by atoms with van der Waals surface area (Å²) in [5.41, 5.74) is 3.45. The predicted molar refractivity (Wildman–Crippen MR) is 113 cm³/mol. The van der Waals surface area contributed by atoms with Crippen molar-refractivity contribution in [2.75, 3.05) is 0 Å². The van der Waals surface area contributed by atoms with E-state index in [1.807, 2.05) is 38.1 Å². The van der Waals surface area contributed by atoms with Crippen LogP contribution in [0.15, 0.2) is 35.4 Å². The van der Waals surface area contributed by atoms with Crippen molar-refractivity contribution in [2.45, 2.75) is 58.5 Å². The van der Waals surface area contributed by atoms with E-state index in [0.717, 1.165) is 40.6 Å². The Balaban J connectivity index is 1.47. The Hall–Kier alpha value is -2.47. The second-order valence-corrected chi connectivity index (χ2v) is 8.61. The number of rotatable bonds is 5. The molecule has 0 saturated carbocycles. The molecule has 2 heterocycles. The smallest absolute Gasteiger partial charge is 0.262 e. The number of carbonyl (C=O) groups excluding carboxylic acids is 1. The van der Waals surface area contributed by atoms with Gasteiger partial charge in [0.1, 0.15) is 4.83 Å². The topological polar surface area (TPSA) is 64.0 Å². The highest BCUT2D eigenvalue weighted by molar-refractivity contribution is 7.18. The largest absolute Gasteiger partial charge is 0.350 e. The third-order valence-electron chi connectivity index (χ3n) is 5.55. The van der Waals surface area contributed by atoms with Gasteiger partial charge in [0.25, 0.3) is 5.56 Å². The molecule has 4 rings (SSSR count). The van der Waals surface area contributed by atoms with Crippen molar-refractivity contribution in [1.82, 2.24) is 14.9 Å². The minimum atomic E-state index is -0.0603. The summed E-state index contributed by atoms with van der Waals surface area (Å²) in [5, 5.41) is 3.81. The first kappa shape index (κ1) is 18.9. The van der Waals surface area contributed by atoms with Crippen LogP contribution in [0.4, 0.5) is 0 Å². The quantitative estimate of drug-likeness (QED) is 0.712. The van der Waals surface area contributed by atoms with E-state index in [-0.39, 0.29) is 23.9 Å². The van der Waals surface area contributed by atoms with Gasteiger partial charge in [0.05, 0.1) is 17.8 Å². The van der Waals surface area contributed by atoms with Crippen LogP contribution >= 0.6 is 11.3 Å². The van der Waals surface area contributed by atoms with Crippen LogP contribution in [0, 0.1) is 6.92 Å². The lowest BCUT2D eigenvalue weighted by atomic mass is 9.97. The number of carbonyl (C=O) groups is 1. The highest BCUT2D eigenvalue weighted by Gasteiger charge is 2.20. The molecule has 1 N–H and O–H groups in total. The minimum Gasteiger partial charge on any atom is -0.350 e. The van der Waals surface area contributed by atoms with Gasteiger partial charge >= 0.3 is 0 Å². The average Bonchev–Trinajstić information content (AvgIpc) is 3.07. The number of fused-ring (bicyclic) bond motifs is 3. The molecule has 1 aliphatic rings. The number of thiophene rings is 1. The molecule has 5 nitrogen and oxygen atoms in total. The number of amides is 1. The van der Waals surface area contributed by atoms with Gasteiger partial charge in [-0.15, -0.1) is 11.3 Å². The number of nitrogens with one attached hydrogen (secondary N) is 1. The molecule has 6 heteroatoms. The lowest BCUT2D eigenvalue weighted by molar-refractivity contribution is -0.121. The van der Waals surface area contributed by atoms with Crippen molar-refractivity contribution >= 4 is 27.5 Å². The molecule has 1 atom stereocenters. The van der Waals surface area contributed by atoms with Crippen LogP contribution in [0.5, 0.6) is 0 Å². The fourth-order valence-electron chi connectivity index (χ4n) is 4.03. The maximum atomic E-state index is 13.0. The van der Waals surface area contributed by atoms with Gasteiger partial charge in [0.15, 0.2) is 0 Å². The molecule has 0 saturated heterocycles. The predicted octanol–water partition coefficient (Wildman–Crippen LogP) is 3.91. The van der Waals surface area contributed by atoms with Gasteiger partial charge in [0, 0.05) is 17.8 Å². The highest BCUT2D eigenvalue weighted by atomic mass is 32.1. The molecule has 0 unspecified atom stereocenters. The van der Waals surface area contributed by atoms with Gasteiger partial charge in [0.2, 0.25) is 5.91 Å². The van der Waals surface area contributed by atoms with Gasteiger partial charge in [-0.3, -0.25) is 14.2 Å². The Kier molecular flexibility index (Phi) is 5.31. The van der Waals surface area contributed by atoms with Crippen LogP contribution < -0.4 is 10.9 Å². The Bertz CT molecular complexity index is 1080. The van der Waals surface area contributed by atoms with Gasteiger partial charge in [-0.2, -0.15) is 0 Å². The van der Waals surface area contributed by atoms with Gasteiger partial charge in [-0.05, 0) is 56.2 Å². The fourth-order valence-corrected chi connectivity index (χ4v) is 5.25. The van der Waals surface area contributed by atoms with Crippen LogP contribution in [0.25, 0.3) is 10.2 Å². The van der Waals surface area contributed by atoms with Crippen molar-refractivity contribution in [3.8, 4) is 0 Å². The number of aryl methyl sites for hydroxylation is 4. The van der Waals surface area contributed by atoms with Gasteiger partial charge < -0.3 is 5.32 Å². The molecule has 0 spiro atoms. The third kappa shape index (κ3) is 3.61. The molecular weight excluding hydrogens is 370 g/mol. The first-order valence-corrected chi connectivity index (χ1v) is 10.7. The summed E-state index contributed by atoms with van der Waals surface area (Å²) in [7, 11) is 0. The van der Waals surface area contributed by atoms with Gasteiger partial charge in [-0.1, -0.05) is 24.3 Å². The van der Waals surface area contributed by atoms with E-state index >= 15 is 0 Å². The summed E-state index contributed by atoms with van der Waals surface area (Å²) in [5.74, 6) is -0.0601. The van der Waals surface area contributed by atoms with E-state index < -0.39 is 0 Å². The van der Waals surface area contributed by atoms with E-state index in [1.165, 1.54) is 16.9 Å². The second-order valence-electron chi connectivity index (χ2n) is 7.53.